The van der Waals surface area contributed by atoms with E-state index in [-0.39, 0.29) is 37.1 Å². The van der Waals surface area contributed by atoms with Crippen LogP contribution in [-0.4, -0.2) is 118 Å². The van der Waals surface area contributed by atoms with Crippen LogP contribution < -0.4 is 14.2 Å². The summed E-state index contributed by atoms with van der Waals surface area (Å²) in [6, 6.07) is 14.4. The molecule has 1 fully saturated rings. The average Bonchev–Trinajstić information content (AvgIpc) is 3.06. The van der Waals surface area contributed by atoms with Crippen LogP contribution in [0, 0.1) is 0 Å². The van der Waals surface area contributed by atoms with Gasteiger partial charge in [0.2, 0.25) is 30.1 Å². The molecule has 54 heavy (non-hydrogen) atoms. The van der Waals surface area contributed by atoms with Crippen LogP contribution >= 0.6 is 0 Å². The van der Waals surface area contributed by atoms with Crippen LogP contribution in [0.15, 0.2) is 72.8 Å². The number of sulfonamides is 3. The number of nitrogens with one attached hydrogen (secondary N) is 3. The molecule has 0 spiro atoms. The molecule has 294 valence electrons. The molecule has 18 nitrogen and oxygen atoms in total. The maximum absolute atomic E-state index is 13.7. The van der Waals surface area contributed by atoms with Gasteiger partial charge in [0, 0.05) is 17.1 Å². The number of methoxy groups -OCH3 is 3. The minimum atomic E-state index is -3.71. The number of carbonyl (C=O) groups excluding carboxylic acids is 3. The molecule has 4 rings (SSSR count). The van der Waals surface area contributed by atoms with Crippen molar-refractivity contribution < 1.29 is 53.8 Å². The third-order valence-corrected chi connectivity index (χ3v) is 9.79. The zero-order chi connectivity index (χ0) is 40.0. The number of hydrogen-bond donors (Lipinski definition) is 3. The smallest absolute Gasteiger partial charge is 0.327 e. The van der Waals surface area contributed by atoms with E-state index in [0.717, 1.165) is 18.8 Å². The third-order valence-electron chi connectivity index (χ3n) is 7.98. The molecule has 3 unspecified atom stereocenters. The molecule has 0 bridgehead atoms. The normalized spacial score (nSPS) is 16.3. The number of nitrogens with zero attached hydrogens (tertiary/aromatic N) is 3. The summed E-state index contributed by atoms with van der Waals surface area (Å²) in [7, 11) is -7.63. The molecule has 1 aliphatic heterocycles. The number of rotatable bonds is 15. The van der Waals surface area contributed by atoms with Gasteiger partial charge in [-0.25, -0.2) is 39.6 Å². The van der Waals surface area contributed by atoms with Crippen LogP contribution in [0.25, 0.3) is 0 Å². The van der Waals surface area contributed by atoms with Crippen molar-refractivity contribution in [3.05, 3.63) is 89.5 Å². The molecule has 3 atom stereocenters. The molecule has 0 radical (unpaired) electrons. The molecular formula is C33H42N6O12S3. The summed E-state index contributed by atoms with van der Waals surface area (Å²) in [6.45, 7) is -0.479. The van der Waals surface area contributed by atoms with Crippen molar-refractivity contribution in [2.24, 2.45) is 0 Å². The molecule has 3 aromatic carbocycles. The first-order valence-electron chi connectivity index (χ1n) is 15.9. The van der Waals surface area contributed by atoms with E-state index in [9.17, 15) is 39.6 Å². The average molecular weight is 811 g/mol. The van der Waals surface area contributed by atoms with E-state index < -0.39 is 66.1 Å². The second-order valence-corrected chi connectivity index (χ2v) is 17.7. The molecule has 0 aliphatic carbocycles. The van der Waals surface area contributed by atoms with Crippen LogP contribution in [-0.2, 0) is 58.7 Å². The zero-order valence-electron chi connectivity index (χ0n) is 30.2. The number of anilines is 3. The van der Waals surface area contributed by atoms with Crippen molar-refractivity contribution in [1.82, 2.24) is 14.7 Å². The third kappa shape index (κ3) is 11.4. The van der Waals surface area contributed by atoms with E-state index in [4.69, 9.17) is 14.2 Å². The van der Waals surface area contributed by atoms with E-state index in [1.807, 2.05) is 0 Å². The number of ether oxygens (including phenoxy) is 3. The van der Waals surface area contributed by atoms with Gasteiger partial charge in [-0.05, 0) is 53.1 Å². The van der Waals surface area contributed by atoms with Gasteiger partial charge in [0.05, 0.1) is 60.1 Å². The van der Waals surface area contributed by atoms with E-state index >= 15 is 0 Å². The highest BCUT2D eigenvalue weighted by Gasteiger charge is 2.43. The van der Waals surface area contributed by atoms with Crippen molar-refractivity contribution in [3.8, 4) is 0 Å². The number of esters is 3. The molecular weight excluding hydrogens is 769 g/mol. The van der Waals surface area contributed by atoms with Crippen molar-refractivity contribution in [1.29, 1.82) is 0 Å². The number of hydrogen-bond acceptors (Lipinski definition) is 15. The molecule has 3 aromatic rings. The maximum Gasteiger partial charge on any atom is 0.327 e. The molecule has 0 aromatic heterocycles. The molecule has 1 aliphatic rings. The predicted octanol–water partition coefficient (Wildman–Crippen LogP) is 1.64. The molecule has 0 amide bonds. The molecule has 1 saturated heterocycles. The van der Waals surface area contributed by atoms with Crippen molar-refractivity contribution in [2.75, 3.05) is 74.3 Å². The second-order valence-electron chi connectivity index (χ2n) is 12.5. The van der Waals surface area contributed by atoms with Gasteiger partial charge in [-0.2, -0.15) is 0 Å². The largest absolute Gasteiger partial charge is 0.468 e. The van der Waals surface area contributed by atoms with E-state index in [1.165, 1.54) is 75.9 Å². The lowest BCUT2D eigenvalue weighted by Crippen LogP contribution is -2.60. The van der Waals surface area contributed by atoms with Gasteiger partial charge in [-0.3, -0.25) is 28.9 Å². The fourth-order valence-corrected chi connectivity index (χ4v) is 7.77. The van der Waals surface area contributed by atoms with Crippen LogP contribution in [0.3, 0.4) is 0 Å². The van der Waals surface area contributed by atoms with Crippen molar-refractivity contribution in [3.63, 3.8) is 0 Å². The molecule has 21 heteroatoms. The Balaban J connectivity index is 1.93. The predicted molar refractivity (Wildman–Crippen MR) is 199 cm³/mol. The lowest BCUT2D eigenvalue weighted by atomic mass is 10.0. The van der Waals surface area contributed by atoms with Gasteiger partial charge in [0.25, 0.3) is 0 Å². The monoisotopic (exact) mass is 810 g/mol. The summed E-state index contributed by atoms with van der Waals surface area (Å²) in [5, 5.41) is 0. The van der Waals surface area contributed by atoms with Crippen LogP contribution in [0.5, 0.6) is 0 Å². The summed E-state index contributed by atoms with van der Waals surface area (Å²) in [4.78, 5) is 45.8. The summed E-state index contributed by atoms with van der Waals surface area (Å²) in [6.07, 6.45) is 2.91. The van der Waals surface area contributed by atoms with E-state index in [0.29, 0.717) is 16.7 Å². The van der Waals surface area contributed by atoms with Gasteiger partial charge < -0.3 is 14.2 Å². The Kier molecular flexibility index (Phi) is 13.3. The Labute approximate surface area is 314 Å². The van der Waals surface area contributed by atoms with Gasteiger partial charge in [0.1, 0.15) is 18.1 Å². The fraction of sp³-hybridized carbons (Fsp3) is 0.364. The SMILES string of the molecule is COC(=O)C(c1cccc(NS(C)(=O)=O)c1)N1CN(C(C(=O)OC)c2cccc(NS(C)(=O)=O)c2)CN(C(C(=O)OC)c2cccc(NS(C)(=O)=O)c2)C1. The minimum absolute atomic E-state index is 0.153. The molecule has 0 saturated carbocycles. The number of carbonyl (C=O) groups is 3. The lowest BCUT2D eigenvalue weighted by molar-refractivity contribution is -0.167. The van der Waals surface area contributed by atoms with Crippen molar-refractivity contribution in [2.45, 2.75) is 18.1 Å². The highest BCUT2D eigenvalue weighted by atomic mass is 32.2. The first-order valence-corrected chi connectivity index (χ1v) is 21.6. The maximum atomic E-state index is 13.7. The summed E-state index contributed by atoms with van der Waals surface area (Å²) < 4.78 is 95.2. The van der Waals surface area contributed by atoms with Gasteiger partial charge >= 0.3 is 17.9 Å². The minimum Gasteiger partial charge on any atom is -0.468 e. The van der Waals surface area contributed by atoms with E-state index in [1.54, 1.807) is 32.9 Å². The Morgan fingerprint density at radius 2 is 0.741 bits per heavy atom. The van der Waals surface area contributed by atoms with E-state index in [2.05, 4.69) is 14.2 Å². The first-order chi connectivity index (χ1) is 25.2. The Hall–Kier alpha value is -4.80. The molecule has 1 heterocycles. The highest BCUT2D eigenvalue weighted by Crippen LogP contribution is 2.36. The van der Waals surface area contributed by atoms with Crippen LogP contribution in [0.1, 0.15) is 34.8 Å². The Morgan fingerprint density at radius 3 is 0.944 bits per heavy atom. The second kappa shape index (κ2) is 17.1. The Morgan fingerprint density at radius 1 is 0.500 bits per heavy atom. The summed E-state index contributed by atoms with van der Waals surface area (Å²) >= 11 is 0. The molecule has 3 N–H and O–H groups in total. The van der Waals surface area contributed by atoms with Crippen LogP contribution in [0.4, 0.5) is 17.1 Å². The van der Waals surface area contributed by atoms with Crippen molar-refractivity contribution >= 4 is 65.0 Å². The Bertz CT molecular complexity index is 1950. The topological polar surface area (TPSA) is 227 Å². The van der Waals surface area contributed by atoms with Gasteiger partial charge in [-0.15, -0.1) is 0 Å². The first kappa shape index (κ1) is 41.9. The fourth-order valence-electron chi connectivity index (χ4n) is 6.11. The standard InChI is InChI=1S/C33H42N6O12S3/c1-49-31(40)28(22-10-7-13-25(16-22)34-52(4,43)44)37-19-38(29(32(41)50-2)23-11-8-14-26(17-23)35-53(5,45)46)21-39(20-37)30(33(42)51-3)24-12-9-15-27(18-24)36-54(6,47)48/h7-18,28-30,34-36H,19-21H2,1-6H3. The summed E-state index contributed by atoms with van der Waals surface area (Å²) in [5.74, 6) is -2.30. The lowest BCUT2D eigenvalue weighted by Gasteiger charge is -2.48. The summed E-state index contributed by atoms with van der Waals surface area (Å²) in [5.41, 5.74) is 1.33. The quantitative estimate of drug-likeness (QED) is 0.147. The van der Waals surface area contributed by atoms with Crippen LogP contribution in [0.2, 0.25) is 0 Å². The zero-order valence-corrected chi connectivity index (χ0v) is 32.7. The number of benzene rings is 3. The van der Waals surface area contributed by atoms with Gasteiger partial charge in [0.15, 0.2) is 0 Å². The van der Waals surface area contributed by atoms with Gasteiger partial charge in [-0.1, -0.05) is 36.4 Å². The highest BCUT2D eigenvalue weighted by molar-refractivity contribution is 7.92.